The van der Waals surface area contributed by atoms with E-state index in [-0.39, 0.29) is 0 Å². The van der Waals surface area contributed by atoms with E-state index in [0.717, 1.165) is 19.1 Å². The fraction of sp³-hybridized carbons (Fsp3) is 0.833. The van der Waals surface area contributed by atoms with Gasteiger partial charge < -0.3 is 5.32 Å². The molecule has 0 radical (unpaired) electrons. The quantitative estimate of drug-likeness (QED) is 0.692. The van der Waals surface area contributed by atoms with Crippen molar-refractivity contribution in [2.24, 2.45) is 0 Å². The molecule has 14 heavy (non-hydrogen) atoms. The van der Waals surface area contributed by atoms with Gasteiger partial charge in [0.2, 0.25) is 0 Å². The maximum Gasteiger partial charge on any atom is 0.0195 e. The highest BCUT2D eigenvalue weighted by molar-refractivity contribution is 4.95. The van der Waals surface area contributed by atoms with Crippen molar-refractivity contribution in [3.05, 3.63) is 11.6 Å². The number of likely N-dealkylation sites (N-methyl/N-ethyl adjacent to an activating group) is 1. The molecule has 0 bridgehead atoms. The first-order valence-electron chi connectivity index (χ1n) is 5.81. The van der Waals surface area contributed by atoms with E-state index in [9.17, 15) is 0 Å². The van der Waals surface area contributed by atoms with Gasteiger partial charge >= 0.3 is 0 Å². The van der Waals surface area contributed by atoms with Gasteiger partial charge in [0.15, 0.2) is 0 Å². The summed E-state index contributed by atoms with van der Waals surface area (Å²) in [7, 11) is 0. The second-order valence-electron chi connectivity index (χ2n) is 4.44. The lowest BCUT2D eigenvalue weighted by atomic mass is 10.1. The lowest BCUT2D eigenvalue weighted by Crippen LogP contribution is -2.45. The maximum absolute atomic E-state index is 3.54. The number of nitrogens with one attached hydrogen (secondary N) is 1. The van der Waals surface area contributed by atoms with Crippen molar-refractivity contribution in [2.75, 3.05) is 26.2 Å². The molecule has 0 spiro atoms. The maximum atomic E-state index is 3.54. The Morgan fingerprint density at radius 1 is 1.50 bits per heavy atom. The molecule has 1 N–H and O–H groups in total. The normalized spacial score (nSPS) is 23.5. The van der Waals surface area contributed by atoms with Crippen molar-refractivity contribution in [1.82, 2.24) is 10.2 Å². The van der Waals surface area contributed by atoms with E-state index < -0.39 is 0 Å². The summed E-state index contributed by atoms with van der Waals surface area (Å²) in [6, 6.07) is 0.722. The first-order chi connectivity index (χ1) is 6.72. The largest absolute Gasteiger partial charge is 0.313 e. The summed E-state index contributed by atoms with van der Waals surface area (Å²) in [4.78, 5) is 2.55. The van der Waals surface area contributed by atoms with E-state index in [1.807, 2.05) is 0 Å². The van der Waals surface area contributed by atoms with Gasteiger partial charge in [0.1, 0.15) is 0 Å². The number of allylic oxidation sites excluding steroid dienone is 1. The van der Waals surface area contributed by atoms with Crippen molar-refractivity contribution in [3.63, 3.8) is 0 Å². The van der Waals surface area contributed by atoms with Crippen molar-refractivity contribution in [1.29, 1.82) is 0 Å². The highest BCUT2D eigenvalue weighted by atomic mass is 15.2. The number of rotatable bonds is 4. The highest BCUT2D eigenvalue weighted by Crippen LogP contribution is 2.09. The molecule has 2 nitrogen and oxygen atoms in total. The molecule has 1 heterocycles. The van der Waals surface area contributed by atoms with E-state index in [1.54, 1.807) is 0 Å². The van der Waals surface area contributed by atoms with E-state index >= 15 is 0 Å². The predicted octanol–water partition coefficient (Wildman–Crippen LogP) is 2.03. The molecule has 0 amide bonds. The van der Waals surface area contributed by atoms with Gasteiger partial charge in [-0.25, -0.2) is 0 Å². The van der Waals surface area contributed by atoms with Gasteiger partial charge in [0.25, 0.3) is 0 Å². The number of hydrogen-bond acceptors (Lipinski definition) is 2. The van der Waals surface area contributed by atoms with Crippen LogP contribution < -0.4 is 5.32 Å². The monoisotopic (exact) mass is 196 g/mol. The van der Waals surface area contributed by atoms with Crippen molar-refractivity contribution in [3.8, 4) is 0 Å². The van der Waals surface area contributed by atoms with Crippen LogP contribution in [0.5, 0.6) is 0 Å². The molecular formula is C12H24N2. The van der Waals surface area contributed by atoms with E-state index in [1.165, 1.54) is 31.5 Å². The van der Waals surface area contributed by atoms with Crippen molar-refractivity contribution in [2.45, 2.75) is 39.7 Å². The van der Waals surface area contributed by atoms with Crippen LogP contribution in [-0.2, 0) is 0 Å². The third-order valence-corrected chi connectivity index (χ3v) is 2.76. The molecule has 0 aromatic rings. The van der Waals surface area contributed by atoms with E-state index in [0.29, 0.717) is 0 Å². The molecule has 0 aliphatic carbocycles. The second kappa shape index (κ2) is 6.20. The molecule has 1 atom stereocenters. The smallest absolute Gasteiger partial charge is 0.0195 e. The number of likely N-dealkylation sites (tertiary alicyclic amines) is 1. The molecule has 1 fully saturated rings. The van der Waals surface area contributed by atoms with Gasteiger partial charge in [-0.3, -0.25) is 4.90 Å². The van der Waals surface area contributed by atoms with Crippen LogP contribution >= 0.6 is 0 Å². The number of piperidine rings is 1. The molecular weight excluding hydrogens is 172 g/mol. The average molecular weight is 196 g/mol. The van der Waals surface area contributed by atoms with Crippen LogP contribution in [-0.4, -0.2) is 37.1 Å². The number of nitrogens with zero attached hydrogens (tertiary/aromatic N) is 1. The van der Waals surface area contributed by atoms with Gasteiger partial charge in [-0.15, -0.1) is 0 Å². The third kappa shape index (κ3) is 4.25. The highest BCUT2D eigenvalue weighted by Gasteiger charge is 2.17. The molecule has 2 heteroatoms. The Morgan fingerprint density at radius 3 is 2.93 bits per heavy atom. The van der Waals surface area contributed by atoms with E-state index in [4.69, 9.17) is 0 Å². The molecule has 1 aliphatic rings. The van der Waals surface area contributed by atoms with Gasteiger partial charge in [-0.05, 0) is 39.8 Å². The Balaban J connectivity index is 2.29. The Kier molecular flexibility index (Phi) is 5.20. The lowest BCUT2D eigenvalue weighted by molar-refractivity contribution is 0.209. The molecule has 1 rings (SSSR count). The van der Waals surface area contributed by atoms with Crippen LogP contribution in [0.25, 0.3) is 0 Å². The van der Waals surface area contributed by atoms with Crippen LogP contribution in [0.4, 0.5) is 0 Å². The minimum atomic E-state index is 0.722. The summed E-state index contributed by atoms with van der Waals surface area (Å²) < 4.78 is 0. The fourth-order valence-electron chi connectivity index (χ4n) is 1.99. The molecule has 1 saturated heterocycles. The van der Waals surface area contributed by atoms with E-state index in [2.05, 4.69) is 37.1 Å². The van der Waals surface area contributed by atoms with Crippen LogP contribution in [0.2, 0.25) is 0 Å². The van der Waals surface area contributed by atoms with Crippen LogP contribution in [0.3, 0.4) is 0 Å². The van der Waals surface area contributed by atoms with Crippen molar-refractivity contribution < 1.29 is 0 Å². The Labute approximate surface area is 88.4 Å². The molecule has 0 aromatic carbocycles. The van der Waals surface area contributed by atoms with Crippen molar-refractivity contribution >= 4 is 0 Å². The second-order valence-corrected chi connectivity index (χ2v) is 4.44. The van der Waals surface area contributed by atoms with Crippen LogP contribution in [0.1, 0.15) is 33.6 Å². The minimum absolute atomic E-state index is 0.722. The zero-order valence-electron chi connectivity index (χ0n) is 9.84. The first kappa shape index (κ1) is 11.7. The zero-order chi connectivity index (χ0) is 10.4. The predicted molar refractivity (Wildman–Crippen MR) is 62.6 cm³/mol. The van der Waals surface area contributed by atoms with Gasteiger partial charge in [-0.2, -0.15) is 0 Å². The summed E-state index contributed by atoms with van der Waals surface area (Å²) in [6.07, 6.45) is 5.02. The lowest BCUT2D eigenvalue weighted by Gasteiger charge is -2.32. The molecule has 0 saturated carbocycles. The summed E-state index contributed by atoms with van der Waals surface area (Å²) >= 11 is 0. The molecule has 82 valence electrons. The fourth-order valence-corrected chi connectivity index (χ4v) is 1.99. The van der Waals surface area contributed by atoms with Gasteiger partial charge in [0, 0.05) is 19.1 Å². The third-order valence-electron chi connectivity index (χ3n) is 2.76. The molecule has 1 aliphatic heterocycles. The van der Waals surface area contributed by atoms with Gasteiger partial charge in [0.05, 0.1) is 0 Å². The Morgan fingerprint density at radius 2 is 2.29 bits per heavy atom. The summed E-state index contributed by atoms with van der Waals surface area (Å²) in [6.45, 7) is 11.3. The van der Waals surface area contributed by atoms with Crippen LogP contribution in [0, 0.1) is 0 Å². The van der Waals surface area contributed by atoms with Gasteiger partial charge in [-0.1, -0.05) is 18.6 Å². The SMILES string of the molecule is CCNC1CCCN(CC=C(C)C)C1. The number of hydrogen-bond donors (Lipinski definition) is 1. The minimum Gasteiger partial charge on any atom is -0.313 e. The Hall–Kier alpha value is -0.340. The zero-order valence-corrected chi connectivity index (χ0v) is 9.84. The standard InChI is InChI=1S/C12H24N2/c1-4-13-12-6-5-8-14(10-12)9-7-11(2)3/h7,12-13H,4-6,8-10H2,1-3H3. The topological polar surface area (TPSA) is 15.3 Å². The average Bonchev–Trinajstić information content (AvgIpc) is 2.16. The first-order valence-corrected chi connectivity index (χ1v) is 5.81. The Bertz CT molecular complexity index is 181. The van der Waals surface area contributed by atoms with Crippen LogP contribution in [0.15, 0.2) is 11.6 Å². The summed E-state index contributed by atoms with van der Waals surface area (Å²) in [5, 5.41) is 3.54. The summed E-state index contributed by atoms with van der Waals surface area (Å²) in [5.41, 5.74) is 1.43. The summed E-state index contributed by atoms with van der Waals surface area (Å²) in [5.74, 6) is 0. The molecule has 0 aromatic heterocycles. The molecule has 1 unspecified atom stereocenters.